The Morgan fingerprint density at radius 3 is 2.77 bits per heavy atom. The second-order valence-electron chi connectivity index (χ2n) is 4.44. The van der Waals surface area contributed by atoms with Crippen molar-refractivity contribution in [3.8, 4) is 11.8 Å². The van der Waals surface area contributed by atoms with E-state index >= 15 is 0 Å². The van der Waals surface area contributed by atoms with Gasteiger partial charge in [0.1, 0.15) is 28.6 Å². The first-order valence-electron chi connectivity index (χ1n) is 6.60. The van der Waals surface area contributed by atoms with Gasteiger partial charge in [-0.3, -0.25) is 0 Å². The van der Waals surface area contributed by atoms with Crippen LogP contribution in [0.15, 0.2) is 36.0 Å². The van der Waals surface area contributed by atoms with Crippen molar-refractivity contribution in [3.63, 3.8) is 0 Å². The van der Waals surface area contributed by atoms with Crippen molar-refractivity contribution in [3.05, 3.63) is 53.2 Å². The smallest absolute Gasteiger partial charge is 0.141 e. The third-order valence-electron chi connectivity index (χ3n) is 2.98. The molecule has 0 bridgehead atoms. The Labute approximate surface area is 130 Å². The average molecular weight is 315 g/mol. The molecule has 0 radical (unpaired) electrons. The Morgan fingerprint density at radius 2 is 1.95 bits per heavy atom. The fraction of sp³-hybridized carbons (Fsp3) is 0.125. The van der Waals surface area contributed by atoms with Gasteiger partial charge in [-0.05, 0) is 23.6 Å². The topological polar surface area (TPSA) is 37.8 Å². The maximum Gasteiger partial charge on any atom is 0.141 e. The van der Waals surface area contributed by atoms with E-state index in [9.17, 15) is 8.78 Å². The minimum atomic E-state index is -0.642. The molecule has 2 aromatic heterocycles. The minimum absolute atomic E-state index is 0.190. The molecule has 2 heterocycles. The van der Waals surface area contributed by atoms with E-state index in [1.165, 1.54) is 24.5 Å². The Hall–Kier alpha value is -2.52. The number of halogens is 2. The zero-order chi connectivity index (χ0) is 15.4. The van der Waals surface area contributed by atoms with Crippen LogP contribution in [0.4, 0.5) is 14.6 Å². The second kappa shape index (κ2) is 6.50. The molecule has 3 rings (SSSR count). The van der Waals surface area contributed by atoms with Crippen molar-refractivity contribution in [2.24, 2.45) is 0 Å². The summed E-state index contributed by atoms with van der Waals surface area (Å²) in [5, 5.41) is 6.06. The first-order valence-corrected chi connectivity index (χ1v) is 7.48. The number of thiophene rings is 1. The number of nitrogens with one attached hydrogen (secondary N) is 1. The van der Waals surface area contributed by atoms with Gasteiger partial charge in [0, 0.05) is 13.0 Å². The third-order valence-corrected chi connectivity index (χ3v) is 3.80. The van der Waals surface area contributed by atoms with Gasteiger partial charge < -0.3 is 5.32 Å². The Morgan fingerprint density at radius 1 is 1.14 bits per heavy atom. The lowest BCUT2D eigenvalue weighted by Gasteiger charge is -2.03. The van der Waals surface area contributed by atoms with E-state index in [1.807, 2.05) is 11.4 Å². The quantitative estimate of drug-likeness (QED) is 0.590. The molecule has 0 aliphatic heterocycles. The SMILES string of the molecule is Fc1cccc(F)c1C#CCCNc1ncnc2sccc12. The van der Waals surface area contributed by atoms with Crippen molar-refractivity contribution in [1.82, 2.24) is 9.97 Å². The molecule has 110 valence electrons. The molecule has 0 unspecified atom stereocenters. The lowest BCUT2D eigenvalue weighted by Crippen LogP contribution is -2.02. The summed E-state index contributed by atoms with van der Waals surface area (Å²) in [6, 6.07) is 5.65. The number of hydrogen-bond donors (Lipinski definition) is 1. The lowest BCUT2D eigenvalue weighted by atomic mass is 10.2. The second-order valence-corrected chi connectivity index (χ2v) is 5.33. The number of rotatable bonds is 3. The number of nitrogens with zero attached hydrogens (tertiary/aromatic N) is 2. The largest absolute Gasteiger partial charge is 0.368 e. The maximum absolute atomic E-state index is 13.4. The number of aromatic nitrogens is 2. The molecular formula is C16H11F2N3S. The van der Waals surface area contributed by atoms with Gasteiger partial charge in [0.2, 0.25) is 0 Å². The molecule has 0 saturated carbocycles. The summed E-state index contributed by atoms with van der Waals surface area (Å²) in [6.07, 6.45) is 1.95. The maximum atomic E-state index is 13.4. The highest BCUT2D eigenvalue weighted by Crippen LogP contribution is 2.23. The first kappa shape index (κ1) is 14.4. The molecule has 0 amide bonds. The first-order chi connectivity index (χ1) is 10.8. The highest BCUT2D eigenvalue weighted by molar-refractivity contribution is 7.16. The van der Waals surface area contributed by atoms with Crippen LogP contribution in [0.25, 0.3) is 10.2 Å². The van der Waals surface area contributed by atoms with Crippen LogP contribution in [0.2, 0.25) is 0 Å². The minimum Gasteiger partial charge on any atom is -0.368 e. The van der Waals surface area contributed by atoms with Gasteiger partial charge in [0.15, 0.2) is 0 Å². The van der Waals surface area contributed by atoms with Crippen LogP contribution >= 0.6 is 11.3 Å². The molecule has 6 heteroatoms. The predicted octanol–water partition coefficient (Wildman–Crippen LogP) is 3.82. The third kappa shape index (κ3) is 3.05. The molecule has 3 aromatic rings. The molecule has 3 nitrogen and oxygen atoms in total. The molecule has 0 atom stereocenters. The standard InChI is InChI=1S/C16H11F2N3S/c17-13-5-3-6-14(18)11(13)4-1-2-8-19-15-12-7-9-22-16(12)21-10-20-15/h3,5-7,9-10H,2,8H2,(H,19,20,21). The van der Waals surface area contributed by atoms with Crippen molar-refractivity contribution in [2.45, 2.75) is 6.42 Å². The van der Waals surface area contributed by atoms with Crippen LogP contribution in [0.1, 0.15) is 12.0 Å². The molecule has 1 N–H and O–H groups in total. The Balaban J connectivity index is 1.63. The van der Waals surface area contributed by atoms with Gasteiger partial charge >= 0.3 is 0 Å². The Kier molecular flexibility index (Phi) is 4.26. The van der Waals surface area contributed by atoms with E-state index in [0.717, 1.165) is 16.0 Å². The number of hydrogen-bond acceptors (Lipinski definition) is 4. The molecule has 0 aliphatic rings. The van der Waals surface area contributed by atoms with E-state index in [2.05, 4.69) is 27.1 Å². The molecule has 1 aromatic carbocycles. The molecule has 22 heavy (non-hydrogen) atoms. The van der Waals surface area contributed by atoms with E-state index in [0.29, 0.717) is 13.0 Å². The van der Waals surface area contributed by atoms with Crippen molar-refractivity contribution < 1.29 is 8.78 Å². The monoisotopic (exact) mass is 315 g/mol. The van der Waals surface area contributed by atoms with Crippen LogP contribution < -0.4 is 5.32 Å². The lowest BCUT2D eigenvalue weighted by molar-refractivity contribution is 0.577. The zero-order valence-corrected chi connectivity index (χ0v) is 12.3. The van der Waals surface area contributed by atoms with Gasteiger partial charge in [-0.15, -0.1) is 11.3 Å². The predicted molar refractivity (Wildman–Crippen MR) is 83.8 cm³/mol. The summed E-state index contributed by atoms with van der Waals surface area (Å²) in [6.45, 7) is 0.533. The normalized spacial score (nSPS) is 10.3. The van der Waals surface area contributed by atoms with E-state index in [1.54, 1.807) is 11.3 Å². The molecule has 0 saturated heterocycles. The van der Waals surface area contributed by atoms with Crippen LogP contribution in [0.5, 0.6) is 0 Å². The fourth-order valence-electron chi connectivity index (χ4n) is 1.94. The zero-order valence-electron chi connectivity index (χ0n) is 11.4. The fourth-order valence-corrected chi connectivity index (χ4v) is 2.68. The number of fused-ring (bicyclic) bond motifs is 1. The van der Waals surface area contributed by atoms with Gasteiger partial charge in [-0.25, -0.2) is 18.7 Å². The van der Waals surface area contributed by atoms with E-state index in [-0.39, 0.29) is 5.56 Å². The average Bonchev–Trinajstić information content (AvgIpc) is 2.99. The Bertz CT molecular complexity index is 844. The summed E-state index contributed by atoms with van der Waals surface area (Å²) in [4.78, 5) is 9.25. The molecule has 0 spiro atoms. The molecule has 0 fully saturated rings. The van der Waals surface area contributed by atoms with E-state index in [4.69, 9.17) is 0 Å². The van der Waals surface area contributed by atoms with Gasteiger partial charge in [-0.1, -0.05) is 17.9 Å². The molecule has 0 aliphatic carbocycles. The van der Waals surface area contributed by atoms with Crippen molar-refractivity contribution >= 4 is 27.4 Å². The highest BCUT2D eigenvalue weighted by Gasteiger charge is 2.05. The summed E-state index contributed by atoms with van der Waals surface area (Å²) < 4.78 is 26.8. The van der Waals surface area contributed by atoms with Crippen LogP contribution in [-0.2, 0) is 0 Å². The van der Waals surface area contributed by atoms with Crippen LogP contribution in [-0.4, -0.2) is 16.5 Å². The van der Waals surface area contributed by atoms with Crippen molar-refractivity contribution in [2.75, 3.05) is 11.9 Å². The van der Waals surface area contributed by atoms with Crippen molar-refractivity contribution in [1.29, 1.82) is 0 Å². The molecular weight excluding hydrogens is 304 g/mol. The number of anilines is 1. The van der Waals surface area contributed by atoms with Crippen LogP contribution in [0.3, 0.4) is 0 Å². The highest BCUT2D eigenvalue weighted by atomic mass is 32.1. The van der Waals surface area contributed by atoms with Gasteiger partial charge in [0.25, 0.3) is 0 Å². The van der Waals surface area contributed by atoms with Gasteiger partial charge in [0.05, 0.1) is 10.9 Å². The van der Waals surface area contributed by atoms with Gasteiger partial charge in [-0.2, -0.15) is 0 Å². The summed E-state index contributed by atoms with van der Waals surface area (Å²) in [5.41, 5.74) is -0.190. The van der Waals surface area contributed by atoms with E-state index < -0.39 is 11.6 Å². The summed E-state index contributed by atoms with van der Waals surface area (Å²) in [7, 11) is 0. The summed E-state index contributed by atoms with van der Waals surface area (Å²) >= 11 is 1.54. The van der Waals surface area contributed by atoms with Crippen LogP contribution in [0, 0.1) is 23.5 Å². The summed E-state index contributed by atoms with van der Waals surface area (Å²) in [5.74, 6) is 4.75. The number of benzene rings is 1.